The van der Waals surface area contributed by atoms with E-state index in [9.17, 15) is 18.3 Å². The van der Waals surface area contributed by atoms with E-state index in [0.717, 1.165) is 22.4 Å². The van der Waals surface area contributed by atoms with Crippen LogP contribution >= 0.6 is 0 Å². The summed E-state index contributed by atoms with van der Waals surface area (Å²) in [6, 6.07) is 18.6. The van der Waals surface area contributed by atoms with Gasteiger partial charge in [0.15, 0.2) is 4.90 Å². The number of benzene rings is 2. The largest absolute Gasteiger partial charge is 0.492 e. The van der Waals surface area contributed by atoms with E-state index in [2.05, 4.69) is 9.97 Å². The normalized spacial score (nSPS) is 12.4. The van der Waals surface area contributed by atoms with Gasteiger partial charge in [-0.2, -0.15) is 4.98 Å². The van der Waals surface area contributed by atoms with Crippen LogP contribution in [0, 0.1) is 6.92 Å². The number of hydrogen-bond acceptors (Lipinski definition) is 7. The summed E-state index contributed by atoms with van der Waals surface area (Å²) >= 11 is 0. The summed E-state index contributed by atoms with van der Waals surface area (Å²) in [5.74, 6) is -0.688. The number of pyridine rings is 1. The van der Waals surface area contributed by atoms with E-state index >= 15 is 0 Å². The van der Waals surface area contributed by atoms with Crippen LogP contribution < -0.4 is 5.56 Å². The van der Waals surface area contributed by atoms with Gasteiger partial charge in [0.25, 0.3) is 5.56 Å². The van der Waals surface area contributed by atoms with Gasteiger partial charge >= 0.3 is 0 Å². The first-order valence-corrected chi connectivity index (χ1v) is 13.5. The Labute approximate surface area is 216 Å². The van der Waals surface area contributed by atoms with Crippen LogP contribution in [0.4, 0.5) is 0 Å². The molecule has 0 saturated carbocycles. The number of nitrogens with zero attached hydrogens (tertiary/aromatic N) is 3. The molecule has 4 aromatic rings. The fraction of sp³-hybridized carbons (Fsp3) is 0.250. The lowest BCUT2D eigenvalue weighted by atomic mass is 10.0. The molecule has 9 heteroatoms. The standard InChI is InChI=1S/C28H29N3O5S/c1-4-24(21-10-7-6-8-11-21)31-25(18-36-5-2)30-27(32)26(28(31)33)37(34,35)22-15-13-20(14-16-22)23-12-9-17-29-19(23)3/h6-17,24,32H,4-5,18H2,1-3H3. The van der Waals surface area contributed by atoms with Crippen molar-refractivity contribution in [2.45, 2.75) is 49.6 Å². The molecule has 37 heavy (non-hydrogen) atoms. The molecule has 2 aromatic heterocycles. The van der Waals surface area contributed by atoms with E-state index in [-0.39, 0.29) is 17.3 Å². The zero-order valence-corrected chi connectivity index (χ0v) is 21.8. The summed E-state index contributed by atoms with van der Waals surface area (Å²) in [6.07, 6.45) is 2.18. The third-order valence-electron chi connectivity index (χ3n) is 6.20. The Morgan fingerprint density at radius 1 is 1.00 bits per heavy atom. The monoisotopic (exact) mass is 519 g/mol. The Kier molecular flexibility index (Phi) is 7.85. The molecule has 0 fully saturated rings. The number of aromatic hydroxyl groups is 1. The highest BCUT2D eigenvalue weighted by Gasteiger charge is 2.31. The van der Waals surface area contributed by atoms with Crippen LogP contribution in [0.5, 0.6) is 5.88 Å². The summed E-state index contributed by atoms with van der Waals surface area (Å²) in [5.41, 5.74) is 2.43. The highest BCUT2D eigenvalue weighted by Crippen LogP contribution is 2.30. The Morgan fingerprint density at radius 3 is 2.32 bits per heavy atom. The van der Waals surface area contributed by atoms with Gasteiger partial charge in [0, 0.05) is 24.1 Å². The minimum Gasteiger partial charge on any atom is -0.492 e. The molecule has 0 radical (unpaired) electrons. The van der Waals surface area contributed by atoms with E-state index in [4.69, 9.17) is 4.74 Å². The van der Waals surface area contributed by atoms with Crippen LogP contribution in [-0.4, -0.2) is 34.7 Å². The Morgan fingerprint density at radius 2 is 1.70 bits per heavy atom. The third kappa shape index (κ3) is 5.19. The lowest BCUT2D eigenvalue weighted by molar-refractivity contribution is 0.122. The lowest BCUT2D eigenvalue weighted by Gasteiger charge is -2.23. The van der Waals surface area contributed by atoms with Crippen molar-refractivity contribution >= 4 is 9.84 Å². The number of ether oxygens (including phenoxy) is 1. The van der Waals surface area contributed by atoms with Crippen molar-refractivity contribution in [3.63, 3.8) is 0 Å². The van der Waals surface area contributed by atoms with Crippen LogP contribution in [0.25, 0.3) is 11.1 Å². The maximum Gasteiger partial charge on any atom is 0.277 e. The Hall–Kier alpha value is -3.82. The molecule has 0 saturated heterocycles. The number of sulfone groups is 1. The van der Waals surface area contributed by atoms with Crippen LogP contribution in [0.1, 0.15) is 43.4 Å². The second-order valence-electron chi connectivity index (χ2n) is 8.49. The molecule has 2 heterocycles. The molecule has 1 unspecified atom stereocenters. The number of aryl methyl sites for hydroxylation is 1. The molecular formula is C28H29N3O5S. The van der Waals surface area contributed by atoms with Crippen molar-refractivity contribution in [2.24, 2.45) is 0 Å². The quantitative estimate of drug-likeness (QED) is 0.341. The van der Waals surface area contributed by atoms with Gasteiger partial charge in [0.2, 0.25) is 15.7 Å². The van der Waals surface area contributed by atoms with Gasteiger partial charge in [-0.3, -0.25) is 14.3 Å². The highest BCUT2D eigenvalue weighted by atomic mass is 32.2. The fourth-order valence-electron chi connectivity index (χ4n) is 4.36. The first-order chi connectivity index (χ1) is 17.8. The summed E-state index contributed by atoms with van der Waals surface area (Å²) in [7, 11) is -4.40. The van der Waals surface area contributed by atoms with Crippen molar-refractivity contribution in [1.29, 1.82) is 0 Å². The van der Waals surface area contributed by atoms with Crippen molar-refractivity contribution in [3.8, 4) is 17.0 Å². The topological polar surface area (TPSA) is 111 Å². The molecule has 8 nitrogen and oxygen atoms in total. The van der Waals surface area contributed by atoms with E-state index < -0.39 is 32.2 Å². The molecule has 0 aliphatic heterocycles. The molecule has 2 aromatic carbocycles. The van der Waals surface area contributed by atoms with Gasteiger partial charge in [0.05, 0.1) is 10.9 Å². The van der Waals surface area contributed by atoms with Gasteiger partial charge in [-0.15, -0.1) is 0 Å². The zero-order valence-electron chi connectivity index (χ0n) is 21.0. The average molecular weight is 520 g/mol. The molecule has 1 N–H and O–H groups in total. The molecule has 0 spiro atoms. The predicted octanol–water partition coefficient (Wildman–Crippen LogP) is 4.69. The number of rotatable bonds is 9. The SMILES string of the molecule is CCOCc1nc(O)c(S(=O)(=O)c2ccc(-c3cccnc3C)cc2)c(=O)n1C(CC)c1ccccc1. The van der Waals surface area contributed by atoms with Gasteiger partial charge < -0.3 is 9.84 Å². The number of hydrogen-bond donors (Lipinski definition) is 1. The highest BCUT2D eigenvalue weighted by molar-refractivity contribution is 7.91. The minimum absolute atomic E-state index is 0.0535. The van der Waals surface area contributed by atoms with Gasteiger partial charge in [-0.1, -0.05) is 55.5 Å². The van der Waals surface area contributed by atoms with Crippen molar-refractivity contribution in [3.05, 3.63) is 100 Å². The van der Waals surface area contributed by atoms with Crippen molar-refractivity contribution in [2.75, 3.05) is 6.61 Å². The summed E-state index contributed by atoms with van der Waals surface area (Å²) < 4.78 is 34.1. The van der Waals surface area contributed by atoms with E-state index in [0.29, 0.717) is 13.0 Å². The Bertz CT molecular complexity index is 1550. The molecule has 0 aliphatic carbocycles. The third-order valence-corrected chi connectivity index (χ3v) is 7.99. The summed E-state index contributed by atoms with van der Waals surface area (Å²) in [4.78, 5) is 21.4. The second-order valence-corrected chi connectivity index (χ2v) is 10.4. The number of aromatic nitrogens is 3. The zero-order chi connectivity index (χ0) is 26.6. The van der Waals surface area contributed by atoms with Crippen molar-refractivity contribution in [1.82, 2.24) is 14.5 Å². The van der Waals surface area contributed by atoms with Crippen LogP contribution in [0.2, 0.25) is 0 Å². The smallest absolute Gasteiger partial charge is 0.277 e. The van der Waals surface area contributed by atoms with Gasteiger partial charge in [0.1, 0.15) is 12.4 Å². The van der Waals surface area contributed by atoms with E-state index in [1.807, 2.05) is 50.2 Å². The maximum absolute atomic E-state index is 13.8. The van der Waals surface area contributed by atoms with Crippen LogP contribution in [0.15, 0.2) is 87.5 Å². The molecule has 0 bridgehead atoms. The van der Waals surface area contributed by atoms with Crippen LogP contribution in [-0.2, 0) is 21.2 Å². The lowest BCUT2D eigenvalue weighted by Crippen LogP contribution is -2.33. The molecule has 4 rings (SSSR count). The molecule has 0 aliphatic rings. The fourth-order valence-corrected chi connectivity index (χ4v) is 5.71. The molecule has 192 valence electrons. The van der Waals surface area contributed by atoms with Crippen molar-refractivity contribution < 1.29 is 18.3 Å². The van der Waals surface area contributed by atoms with E-state index in [1.54, 1.807) is 31.3 Å². The first kappa shape index (κ1) is 26.2. The summed E-state index contributed by atoms with van der Waals surface area (Å²) in [5, 5.41) is 10.7. The van der Waals surface area contributed by atoms with Gasteiger partial charge in [-0.05, 0) is 49.6 Å². The Balaban J connectivity index is 1.86. The average Bonchev–Trinajstić information content (AvgIpc) is 2.90. The summed E-state index contributed by atoms with van der Waals surface area (Å²) in [6.45, 7) is 5.87. The van der Waals surface area contributed by atoms with Gasteiger partial charge in [-0.25, -0.2) is 8.42 Å². The molecular weight excluding hydrogens is 490 g/mol. The molecule has 1 atom stereocenters. The second kappa shape index (κ2) is 11.1. The minimum atomic E-state index is -4.40. The first-order valence-electron chi connectivity index (χ1n) is 12.0. The van der Waals surface area contributed by atoms with E-state index in [1.165, 1.54) is 16.7 Å². The predicted molar refractivity (Wildman–Crippen MR) is 140 cm³/mol. The van der Waals surface area contributed by atoms with Crippen LogP contribution in [0.3, 0.4) is 0 Å². The maximum atomic E-state index is 13.8. The molecule has 0 amide bonds.